The van der Waals surface area contributed by atoms with Gasteiger partial charge in [0.05, 0.1) is 0 Å². The quantitative estimate of drug-likeness (QED) is 0.541. The van der Waals surface area contributed by atoms with Gasteiger partial charge in [0.25, 0.3) is 0 Å². The predicted octanol–water partition coefficient (Wildman–Crippen LogP) is 3.05. The molecule has 0 bridgehead atoms. The van der Waals surface area contributed by atoms with Crippen molar-refractivity contribution >= 4 is 6.21 Å². The number of rotatable bonds is 2. The summed E-state index contributed by atoms with van der Waals surface area (Å²) in [6.07, 6.45) is 8.95. The summed E-state index contributed by atoms with van der Waals surface area (Å²) in [6.45, 7) is 4.37. The minimum absolute atomic E-state index is 0.622. The molecule has 1 fully saturated rings. The van der Waals surface area contributed by atoms with Gasteiger partial charge in [-0.2, -0.15) is 0 Å². The van der Waals surface area contributed by atoms with Crippen molar-refractivity contribution in [2.24, 2.45) is 10.9 Å². The highest BCUT2D eigenvalue weighted by atomic mass is 14.8. The zero-order valence-electron chi connectivity index (χ0n) is 7.71. The van der Waals surface area contributed by atoms with Crippen LogP contribution in [0.2, 0.25) is 0 Å². The molecule has 0 aromatic carbocycles. The highest BCUT2D eigenvalue weighted by Gasteiger charge is 2.10. The van der Waals surface area contributed by atoms with Gasteiger partial charge >= 0.3 is 0 Å². The standard InChI is InChI=1S/C10H19N/c1-9(2)8-11-10-6-4-3-5-7-10/h8-10H,3-7H2,1-2H3/b11-8+. The van der Waals surface area contributed by atoms with Crippen LogP contribution in [0.4, 0.5) is 0 Å². The van der Waals surface area contributed by atoms with Crippen molar-refractivity contribution in [2.45, 2.75) is 52.0 Å². The van der Waals surface area contributed by atoms with E-state index in [0.29, 0.717) is 12.0 Å². The molecule has 0 unspecified atom stereocenters. The normalized spacial score (nSPS) is 21.7. The van der Waals surface area contributed by atoms with Crippen molar-refractivity contribution in [3.05, 3.63) is 0 Å². The lowest BCUT2D eigenvalue weighted by Crippen LogP contribution is -2.10. The van der Waals surface area contributed by atoms with Gasteiger partial charge in [-0.3, -0.25) is 4.99 Å². The lowest BCUT2D eigenvalue weighted by molar-refractivity contribution is 0.443. The molecule has 1 aliphatic carbocycles. The molecule has 0 spiro atoms. The van der Waals surface area contributed by atoms with E-state index in [9.17, 15) is 0 Å². The summed E-state index contributed by atoms with van der Waals surface area (Å²) >= 11 is 0. The molecule has 0 radical (unpaired) electrons. The Balaban J connectivity index is 2.23. The Morgan fingerprint density at radius 2 is 1.82 bits per heavy atom. The zero-order valence-corrected chi connectivity index (χ0v) is 7.71. The number of hydrogen-bond acceptors (Lipinski definition) is 1. The molecule has 0 aromatic rings. The predicted molar refractivity (Wildman–Crippen MR) is 50.2 cm³/mol. The molecule has 0 aromatic heterocycles. The monoisotopic (exact) mass is 153 g/mol. The maximum Gasteiger partial charge on any atom is 0.0495 e. The van der Waals surface area contributed by atoms with Crippen LogP contribution in [0.1, 0.15) is 46.0 Å². The van der Waals surface area contributed by atoms with Gasteiger partial charge < -0.3 is 0 Å². The Bertz CT molecular complexity index is 121. The van der Waals surface area contributed by atoms with E-state index in [0.717, 1.165) is 0 Å². The SMILES string of the molecule is CC(C)/C=N/C1CCCCC1. The van der Waals surface area contributed by atoms with E-state index >= 15 is 0 Å². The third-order valence-corrected chi connectivity index (χ3v) is 2.17. The average Bonchev–Trinajstić information content (AvgIpc) is 2.03. The van der Waals surface area contributed by atoms with E-state index in [2.05, 4.69) is 25.1 Å². The molecular formula is C10H19N. The van der Waals surface area contributed by atoms with Crippen molar-refractivity contribution < 1.29 is 0 Å². The summed E-state index contributed by atoms with van der Waals surface area (Å²) in [5.41, 5.74) is 0. The van der Waals surface area contributed by atoms with Gasteiger partial charge in [-0.1, -0.05) is 33.1 Å². The summed E-state index contributed by atoms with van der Waals surface area (Å²) in [5.74, 6) is 0.622. The average molecular weight is 153 g/mol. The minimum atomic E-state index is 0.622. The number of nitrogens with zero attached hydrogens (tertiary/aromatic N) is 1. The largest absolute Gasteiger partial charge is 0.294 e. The van der Waals surface area contributed by atoms with Crippen LogP contribution in [0.5, 0.6) is 0 Å². The molecule has 0 amide bonds. The summed E-state index contributed by atoms with van der Waals surface area (Å²) in [7, 11) is 0. The highest BCUT2D eigenvalue weighted by molar-refractivity contribution is 5.59. The molecule has 0 saturated heterocycles. The Kier molecular flexibility index (Phi) is 3.61. The van der Waals surface area contributed by atoms with E-state index in [1.165, 1.54) is 32.1 Å². The van der Waals surface area contributed by atoms with E-state index in [-0.39, 0.29) is 0 Å². The Morgan fingerprint density at radius 3 is 2.36 bits per heavy atom. The molecule has 1 nitrogen and oxygen atoms in total. The molecule has 0 N–H and O–H groups in total. The van der Waals surface area contributed by atoms with Crippen LogP contribution < -0.4 is 0 Å². The molecule has 1 saturated carbocycles. The van der Waals surface area contributed by atoms with Crippen LogP contribution in [0.25, 0.3) is 0 Å². The first-order valence-electron chi connectivity index (χ1n) is 4.82. The lowest BCUT2D eigenvalue weighted by Gasteiger charge is -2.17. The molecule has 1 rings (SSSR count). The van der Waals surface area contributed by atoms with Crippen LogP contribution >= 0.6 is 0 Å². The maximum atomic E-state index is 4.56. The van der Waals surface area contributed by atoms with Crippen molar-refractivity contribution in [1.82, 2.24) is 0 Å². The first-order valence-corrected chi connectivity index (χ1v) is 4.82. The molecule has 0 aliphatic heterocycles. The van der Waals surface area contributed by atoms with Crippen LogP contribution in [-0.2, 0) is 0 Å². The van der Waals surface area contributed by atoms with Crippen LogP contribution in [0, 0.1) is 5.92 Å². The lowest BCUT2D eigenvalue weighted by atomic mass is 9.96. The van der Waals surface area contributed by atoms with Gasteiger partial charge in [0.15, 0.2) is 0 Å². The molecule has 64 valence electrons. The fourth-order valence-electron chi connectivity index (χ4n) is 1.52. The zero-order chi connectivity index (χ0) is 8.10. The molecule has 0 heterocycles. The molecule has 11 heavy (non-hydrogen) atoms. The van der Waals surface area contributed by atoms with Crippen molar-refractivity contribution in [2.75, 3.05) is 0 Å². The van der Waals surface area contributed by atoms with E-state index in [1.54, 1.807) is 0 Å². The van der Waals surface area contributed by atoms with Gasteiger partial charge in [-0.25, -0.2) is 0 Å². The fourth-order valence-corrected chi connectivity index (χ4v) is 1.52. The first kappa shape index (κ1) is 8.76. The molecule has 1 aliphatic rings. The minimum Gasteiger partial charge on any atom is -0.294 e. The van der Waals surface area contributed by atoms with Gasteiger partial charge in [0.1, 0.15) is 0 Å². The summed E-state index contributed by atoms with van der Waals surface area (Å²) in [4.78, 5) is 4.56. The van der Waals surface area contributed by atoms with Crippen LogP contribution in [0.3, 0.4) is 0 Å². The first-order chi connectivity index (χ1) is 5.29. The van der Waals surface area contributed by atoms with Gasteiger partial charge in [0, 0.05) is 12.3 Å². The summed E-state index contributed by atoms with van der Waals surface area (Å²) < 4.78 is 0. The van der Waals surface area contributed by atoms with Crippen molar-refractivity contribution in [3.63, 3.8) is 0 Å². The Morgan fingerprint density at radius 1 is 1.18 bits per heavy atom. The number of aliphatic imine (C=N–C) groups is 1. The molecule has 0 atom stereocenters. The maximum absolute atomic E-state index is 4.56. The van der Waals surface area contributed by atoms with Crippen LogP contribution in [-0.4, -0.2) is 12.3 Å². The molecular weight excluding hydrogens is 134 g/mol. The van der Waals surface area contributed by atoms with Crippen molar-refractivity contribution in [1.29, 1.82) is 0 Å². The van der Waals surface area contributed by atoms with E-state index in [1.807, 2.05) is 0 Å². The fraction of sp³-hybridized carbons (Fsp3) is 0.900. The Labute approximate surface area is 69.9 Å². The smallest absolute Gasteiger partial charge is 0.0495 e. The van der Waals surface area contributed by atoms with Gasteiger partial charge in [0.2, 0.25) is 0 Å². The second-order valence-corrected chi connectivity index (χ2v) is 3.83. The van der Waals surface area contributed by atoms with Crippen molar-refractivity contribution in [3.8, 4) is 0 Å². The third kappa shape index (κ3) is 3.54. The van der Waals surface area contributed by atoms with E-state index < -0.39 is 0 Å². The van der Waals surface area contributed by atoms with Gasteiger partial charge in [-0.05, 0) is 18.8 Å². The number of hydrogen-bond donors (Lipinski definition) is 0. The second kappa shape index (κ2) is 4.53. The van der Waals surface area contributed by atoms with Crippen LogP contribution in [0.15, 0.2) is 4.99 Å². The third-order valence-electron chi connectivity index (χ3n) is 2.17. The van der Waals surface area contributed by atoms with Gasteiger partial charge in [-0.15, -0.1) is 0 Å². The summed E-state index contributed by atoms with van der Waals surface area (Å²) in [5, 5.41) is 0. The highest BCUT2D eigenvalue weighted by Crippen LogP contribution is 2.19. The molecule has 1 heteroatoms. The Hall–Kier alpha value is -0.330. The second-order valence-electron chi connectivity index (χ2n) is 3.83. The summed E-state index contributed by atoms with van der Waals surface area (Å²) in [6, 6.07) is 0.658. The topological polar surface area (TPSA) is 12.4 Å². The van der Waals surface area contributed by atoms with E-state index in [4.69, 9.17) is 0 Å².